The Labute approximate surface area is 119 Å². The molecule has 2 rings (SSSR count). The number of nitrogens with zero attached hydrogens (tertiary/aromatic N) is 4. The highest BCUT2D eigenvalue weighted by Crippen LogP contribution is 2.21. The lowest BCUT2D eigenvalue weighted by atomic mass is 10.1. The second-order valence-corrected chi connectivity index (χ2v) is 4.30. The highest BCUT2D eigenvalue weighted by atomic mass is 16.6. The number of amides is 1. The van der Waals surface area contributed by atoms with Crippen LogP contribution in [0.3, 0.4) is 0 Å². The summed E-state index contributed by atoms with van der Waals surface area (Å²) in [4.78, 5) is 21.9. The second kappa shape index (κ2) is 5.83. The van der Waals surface area contributed by atoms with E-state index in [2.05, 4.69) is 10.4 Å². The van der Waals surface area contributed by atoms with Crippen LogP contribution in [0.15, 0.2) is 30.5 Å². The molecule has 1 heterocycles. The first-order valence-corrected chi connectivity index (χ1v) is 5.98. The molecule has 0 aliphatic carbocycles. The van der Waals surface area contributed by atoms with Gasteiger partial charge >= 0.3 is 0 Å². The second-order valence-electron chi connectivity index (χ2n) is 4.30. The Kier molecular flexibility index (Phi) is 3.95. The molecule has 2 aromatic rings. The molecule has 1 aromatic carbocycles. The van der Waals surface area contributed by atoms with Crippen LogP contribution in [0, 0.1) is 28.4 Å². The van der Waals surface area contributed by atoms with Gasteiger partial charge in [-0.25, -0.2) is 0 Å². The number of rotatable bonds is 4. The number of non-ortho nitro benzene ring substituents is 1. The topological polar surface area (TPSA) is 114 Å². The summed E-state index contributed by atoms with van der Waals surface area (Å²) in [6.45, 7) is 1.80. The Morgan fingerprint density at radius 1 is 1.52 bits per heavy atom. The summed E-state index contributed by atoms with van der Waals surface area (Å²) >= 11 is 0. The third-order valence-corrected chi connectivity index (χ3v) is 2.69. The van der Waals surface area contributed by atoms with E-state index < -0.39 is 4.92 Å². The average Bonchev–Trinajstić information content (AvgIpc) is 2.84. The molecule has 0 aliphatic rings. The van der Waals surface area contributed by atoms with Crippen molar-refractivity contribution in [3.8, 4) is 6.07 Å². The van der Waals surface area contributed by atoms with E-state index in [-0.39, 0.29) is 29.4 Å². The van der Waals surface area contributed by atoms with Gasteiger partial charge in [0.25, 0.3) is 5.69 Å². The summed E-state index contributed by atoms with van der Waals surface area (Å²) in [5, 5.41) is 26.2. The van der Waals surface area contributed by atoms with E-state index in [0.29, 0.717) is 0 Å². The number of nitriles is 1. The van der Waals surface area contributed by atoms with Crippen molar-refractivity contribution in [2.24, 2.45) is 0 Å². The molecule has 21 heavy (non-hydrogen) atoms. The summed E-state index contributed by atoms with van der Waals surface area (Å²) in [7, 11) is 0. The summed E-state index contributed by atoms with van der Waals surface area (Å²) in [6.07, 6.45) is 1.66. The van der Waals surface area contributed by atoms with Gasteiger partial charge in [0.2, 0.25) is 5.91 Å². The monoisotopic (exact) mass is 285 g/mol. The molecule has 0 radical (unpaired) electrons. The zero-order valence-corrected chi connectivity index (χ0v) is 11.1. The lowest BCUT2D eigenvalue weighted by molar-refractivity contribution is -0.384. The van der Waals surface area contributed by atoms with E-state index in [0.717, 1.165) is 11.8 Å². The van der Waals surface area contributed by atoms with E-state index in [1.54, 1.807) is 19.2 Å². The molecule has 0 spiro atoms. The molecule has 1 aromatic heterocycles. The minimum absolute atomic E-state index is 0.00427. The van der Waals surface area contributed by atoms with Gasteiger partial charge in [0.1, 0.15) is 12.6 Å². The van der Waals surface area contributed by atoms with Gasteiger partial charge < -0.3 is 5.32 Å². The fourth-order valence-electron chi connectivity index (χ4n) is 1.74. The van der Waals surface area contributed by atoms with Crippen LogP contribution in [0.5, 0.6) is 0 Å². The number of aromatic nitrogens is 2. The number of carbonyl (C=O) groups excluding carboxylic acids is 1. The van der Waals surface area contributed by atoms with E-state index in [9.17, 15) is 14.9 Å². The van der Waals surface area contributed by atoms with Crippen LogP contribution >= 0.6 is 0 Å². The van der Waals surface area contributed by atoms with Gasteiger partial charge in [-0.15, -0.1) is 0 Å². The van der Waals surface area contributed by atoms with E-state index in [1.165, 1.54) is 16.8 Å². The van der Waals surface area contributed by atoms with Crippen LogP contribution in [0.4, 0.5) is 11.4 Å². The van der Waals surface area contributed by atoms with Crippen molar-refractivity contribution in [3.05, 3.63) is 51.8 Å². The Hall–Kier alpha value is -3.21. The van der Waals surface area contributed by atoms with E-state index in [1.807, 2.05) is 6.07 Å². The molecule has 8 nitrogen and oxygen atoms in total. The lowest BCUT2D eigenvalue weighted by Gasteiger charge is -2.07. The lowest BCUT2D eigenvalue weighted by Crippen LogP contribution is -2.19. The Morgan fingerprint density at radius 3 is 2.86 bits per heavy atom. The van der Waals surface area contributed by atoms with Crippen LogP contribution in [0.2, 0.25) is 0 Å². The minimum atomic E-state index is -0.598. The Balaban J connectivity index is 2.14. The van der Waals surface area contributed by atoms with Gasteiger partial charge in [-0.1, -0.05) is 0 Å². The van der Waals surface area contributed by atoms with Crippen LogP contribution in [-0.2, 0) is 11.3 Å². The van der Waals surface area contributed by atoms with Gasteiger partial charge in [0, 0.05) is 18.3 Å². The van der Waals surface area contributed by atoms with Crippen molar-refractivity contribution >= 4 is 17.3 Å². The van der Waals surface area contributed by atoms with Crippen LogP contribution < -0.4 is 5.32 Å². The largest absolute Gasteiger partial charge is 0.323 e. The highest BCUT2D eigenvalue weighted by molar-refractivity contribution is 5.92. The number of hydrogen-bond donors (Lipinski definition) is 1. The summed E-state index contributed by atoms with van der Waals surface area (Å²) < 4.78 is 1.46. The van der Waals surface area contributed by atoms with Crippen molar-refractivity contribution in [2.75, 3.05) is 5.32 Å². The van der Waals surface area contributed by atoms with Gasteiger partial charge in [0.05, 0.1) is 21.9 Å². The zero-order chi connectivity index (χ0) is 15.4. The number of aryl methyl sites for hydroxylation is 1. The predicted molar refractivity (Wildman–Crippen MR) is 73.4 cm³/mol. The standard InChI is InChI=1S/C13H11N5O3/c1-9-4-5-17(16-9)8-13(19)15-12-3-2-11(18(20)21)6-10(12)7-14/h2-6H,8H2,1H3,(H,15,19). The number of anilines is 1. The summed E-state index contributed by atoms with van der Waals surface area (Å²) in [5.41, 5.74) is 0.856. The van der Waals surface area contributed by atoms with Crippen molar-refractivity contribution in [1.82, 2.24) is 9.78 Å². The smallest absolute Gasteiger partial charge is 0.270 e. The van der Waals surface area contributed by atoms with E-state index in [4.69, 9.17) is 5.26 Å². The summed E-state index contributed by atoms with van der Waals surface area (Å²) in [5.74, 6) is -0.372. The molecule has 0 bridgehead atoms. The van der Waals surface area contributed by atoms with Crippen LogP contribution in [0.1, 0.15) is 11.3 Å². The Bertz CT molecular complexity index is 745. The SMILES string of the molecule is Cc1ccn(CC(=O)Nc2ccc([N+](=O)[O-])cc2C#N)n1. The Morgan fingerprint density at radius 2 is 2.29 bits per heavy atom. The summed E-state index contributed by atoms with van der Waals surface area (Å²) in [6, 6.07) is 7.27. The first kappa shape index (κ1) is 14.2. The fraction of sp³-hybridized carbons (Fsp3) is 0.154. The molecule has 0 saturated carbocycles. The molecule has 0 atom stereocenters. The van der Waals surface area contributed by atoms with Crippen molar-refractivity contribution < 1.29 is 9.72 Å². The van der Waals surface area contributed by atoms with Crippen LogP contribution in [-0.4, -0.2) is 20.6 Å². The van der Waals surface area contributed by atoms with Crippen molar-refractivity contribution in [1.29, 1.82) is 5.26 Å². The maximum Gasteiger partial charge on any atom is 0.270 e. The van der Waals surface area contributed by atoms with Crippen molar-refractivity contribution in [3.63, 3.8) is 0 Å². The third-order valence-electron chi connectivity index (χ3n) is 2.69. The van der Waals surface area contributed by atoms with Crippen molar-refractivity contribution in [2.45, 2.75) is 13.5 Å². The predicted octanol–water partition coefficient (Wildman–Crippen LogP) is 1.61. The number of hydrogen-bond acceptors (Lipinski definition) is 5. The first-order chi connectivity index (χ1) is 9.99. The maximum atomic E-state index is 11.9. The average molecular weight is 285 g/mol. The number of nitrogens with one attached hydrogen (secondary N) is 1. The quantitative estimate of drug-likeness (QED) is 0.677. The van der Waals surface area contributed by atoms with Gasteiger partial charge in [-0.05, 0) is 19.1 Å². The molecular weight excluding hydrogens is 274 g/mol. The molecule has 0 unspecified atom stereocenters. The first-order valence-electron chi connectivity index (χ1n) is 5.98. The fourth-order valence-corrected chi connectivity index (χ4v) is 1.74. The normalized spacial score (nSPS) is 9.90. The molecule has 1 amide bonds. The molecular formula is C13H11N5O3. The van der Waals surface area contributed by atoms with E-state index >= 15 is 0 Å². The van der Waals surface area contributed by atoms with Gasteiger partial charge in [-0.3, -0.25) is 19.6 Å². The van der Waals surface area contributed by atoms with Crippen LogP contribution in [0.25, 0.3) is 0 Å². The zero-order valence-electron chi connectivity index (χ0n) is 11.1. The van der Waals surface area contributed by atoms with Gasteiger partial charge in [0.15, 0.2) is 0 Å². The minimum Gasteiger partial charge on any atom is -0.323 e. The molecule has 0 fully saturated rings. The third kappa shape index (κ3) is 3.42. The van der Waals surface area contributed by atoms with Gasteiger partial charge in [-0.2, -0.15) is 10.4 Å². The number of nitro benzene ring substituents is 1. The molecule has 0 aliphatic heterocycles. The molecule has 8 heteroatoms. The maximum absolute atomic E-state index is 11.9. The molecule has 1 N–H and O–H groups in total. The number of benzene rings is 1. The number of nitro groups is 1. The molecule has 106 valence electrons. The molecule has 0 saturated heterocycles. The number of carbonyl (C=O) groups is 1. The highest BCUT2D eigenvalue weighted by Gasteiger charge is 2.13.